The molecule has 21 heavy (non-hydrogen) atoms. The van der Waals surface area contributed by atoms with Gasteiger partial charge in [0.15, 0.2) is 0 Å². The van der Waals surface area contributed by atoms with Crippen LogP contribution in [-0.4, -0.2) is 23.9 Å². The summed E-state index contributed by atoms with van der Waals surface area (Å²) in [6, 6.07) is 4.23. The molecule has 0 amide bonds. The maximum Gasteiger partial charge on any atom is 0.233 e. The molecule has 4 heteroatoms. The Kier molecular flexibility index (Phi) is 9.79. The fourth-order valence-electron chi connectivity index (χ4n) is 2.43. The van der Waals surface area contributed by atoms with Crippen molar-refractivity contribution >= 4 is 0 Å². The van der Waals surface area contributed by atoms with Gasteiger partial charge in [-0.15, -0.1) is 5.10 Å². The number of ether oxygens (including phenoxy) is 1. The summed E-state index contributed by atoms with van der Waals surface area (Å²) in [5.41, 5.74) is 1.03. The Labute approximate surface area is 129 Å². The van der Waals surface area contributed by atoms with Crippen LogP contribution in [0.3, 0.4) is 0 Å². The van der Waals surface area contributed by atoms with Crippen LogP contribution >= 0.6 is 0 Å². The van der Waals surface area contributed by atoms with Crippen LogP contribution in [0.25, 0.3) is 0 Å². The Morgan fingerprint density at radius 2 is 1.76 bits per heavy atom. The molecule has 0 fully saturated rings. The van der Waals surface area contributed by atoms with E-state index in [4.69, 9.17) is 4.74 Å². The Hall–Kier alpha value is -1.16. The van der Waals surface area contributed by atoms with E-state index in [1.165, 1.54) is 38.5 Å². The van der Waals surface area contributed by atoms with Crippen LogP contribution in [0.1, 0.15) is 76.9 Å². The van der Waals surface area contributed by atoms with Crippen molar-refractivity contribution in [2.24, 2.45) is 0 Å². The fraction of sp³-hybridized carbons (Fsp3) is 0.765. The molecule has 0 aliphatic heterocycles. The molecule has 120 valence electrons. The van der Waals surface area contributed by atoms with E-state index < -0.39 is 0 Å². The molecule has 4 nitrogen and oxygen atoms in total. The molecule has 1 unspecified atom stereocenters. The Balaban J connectivity index is 2.42. The summed E-state index contributed by atoms with van der Waals surface area (Å²) in [7, 11) is 1.62. The van der Waals surface area contributed by atoms with E-state index in [-0.39, 0.29) is 0 Å². The molecule has 0 bridgehead atoms. The standard InChI is InChI=1S/C17H31N3O/c1-4-6-7-8-9-10-11-15(18-14-5-2)16-12-13-17(21-3)20-19-16/h12-13,15,18H,4-11,14H2,1-3H3. The Morgan fingerprint density at radius 1 is 1.00 bits per heavy atom. The third-order valence-electron chi connectivity index (χ3n) is 3.71. The Morgan fingerprint density at radius 3 is 2.38 bits per heavy atom. The molecule has 1 aromatic rings. The topological polar surface area (TPSA) is 47.0 Å². The van der Waals surface area contributed by atoms with Gasteiger partial charge in [-0.25, -0.2) is 0 Å². The van der Waals surface area contributed by atoms with E-state index in [9.17, 15) is 0 Å². The summed E-state index contributed by atoms with van der Waals surface area (Å²) in [5.74, 6) is 0.576. The summed E-state index contributed by atoms with van der Waals surface area (Å²) < 4.78 is 5.07. The molecule has 0 aromatic carbocycles. The third kappa shape index (κ3) is 7.42. The van der Waals surface area contributed by atoms with Crippen LogP contribution in [-0.2, 0) is 0 Å². The quantitative estimate of drug-likeness (QED) is 0.584. The van der Waals surface area contributed by atoms with Crippen molar-refractivity contribution in [2.45, 2.75) is 71.3 Å². The van der Waals surface area contributed by atoms with E-state index in [1.807, 2.05) is 12.1 Å². The Bertz CT molecular complexity index is 354. The van der Waals surface area contributed by atoms with Crippen LogP contribution in [0.2, 0.25) is 0 Å². The number of aromatic nitrogens is 2. The van der Waals surface area contributed by atoms with Crippen LogP contribution in [0.4, 0.5) is 0 Å². The first-order valence-corrected chi connectivity index (χ1v) is 8.42. The van der Waals surface area contributed by atoms with Gasteiger partial charge in [0.25, 0.3) is 0 Å². The maximum absolute atomic E-state index is 5.07. The minimum absolute atomic E-state index is 0.314. The van der Waals surface area contributed by atoms with Crippen molar-refractivity contribution in [1.82, 2.24) is 15.5 Å². The van der Waals surface area contributed by atoms with E-state index in [0.717, 1.165) is 25.1 Å². The summed E-state index contributed by atoms with van der Waals surface area (Å²) in [5, 5.41) is 12.0. The van der Waals surface area contributed by atoms with Crippen molar-refractivity contribution in [3.05, 3.63) is 17.8 Å². The van der Waals surface area contributed by atoms with Crippen LogP contribution in [0.5, 0.6) is 5.88 Å². The summed E-state index contributed by atoms with van der Waals surface area (Å²) in [4.78, 5) is 0. The van der Waals surface area contributed by atoms with Gasteiger partial charge in [0, 0.05) is 6.07 Å². The molecule has 1 atom stereocenters. The van der Waals surface area contributed by atoms with Crippen molar-refractivity contribution in [3.8, 4) is 5.88 Å². The van der Waals surface area contributed by atoms with Crippen LogP contribution < -0.4 is 10.1 Å². The van der Waals surface area contributed by atoms with Gasteiger partial charge >= 0.3 is 0 Å². The summed E-state index contributed by atoms with van der Waals surface area (Å²) >= 11 is 0. The molecule has 0 aliphatic rings. The minimum Gasteiger partial charge on any atom is -0.480 e. The SMILES string of the molecule is CCCCCCCCC(NCCC)c1ccc(OC)nn1. The van der Waals surface area contributed by atoms with E-state index >= 15 is 0 Å². The molecule has 1 N–H and O–H groups in total. The lowest BCUT2D eigenvalue weighted by atomic mass is 10.0. The molecule has 1 aromatic heterocycles. The van der Waals surface area contributed by atoms with Gasteiger partial charge < -0.3 is 10.1 Å². The highest BCUT2D eigenvalue weighted by atomic mass is 16.5. The number of nitrogens with one attached hydrogen (secondary N) is 1. The minimum atomic E-state index is 0.314. The third-order valence-corrected chi connectivity index (χ3v) is 3.71. The molecule has 0 saturated heterocycles. The number of methoxy groups -OCH3 is 1. The molecular formula is C17H31N3O. The van der Waals surface area contributed by atoms with Crippen LogP contribution in [0, 0.1) is 0 Å². The van der Waals surface area contributed by atoms with E-state index in [0.29, 0.717) is 11.9 Å². The lowest BCUT2D eigenvalue weighted by Gasteiger charge is -2.17. The molecule has 0 spiro atoms. The predicted molar refractivity (Wildman–Crippen MR) is 87.6 cm³/mol. The second-order valence-electron chi connectivity index (χ2n) is 5.56. The summed E-state index contributed by atoms with van der Waals surface area (Å²) in [6.45, 7) is 5.47. The highest BCUT2D eigenvalue weighted by molar-refractivity contribution is 5.14. The number of hydrogen-bond donors (Lipinski definition) is 1. The molecule has 1 heterocycles. The molecule has 0 aliphatic carbocycles. The summed E-state index contributed by atoms with van der Waals surface area (Å²) in [6.07, 6.45) is 10.2. The highest BCUT2D eigenvalue weighted by Gasteiger charge is 2.12. The van der Waals surface area contributed by atoms with Crippen molar-refractivity contribution in [2.75, 3.05) is 13.7 Å². The first-order chi connectivity index (χ1) is 10.3. The van der Waals surface area contributed by atoms with Crippen molar-refractivity contribution in [3.63, 3.8) is 0 Å². The second kappa shape index (κ2) is 11.5. The highest BCUT2D eigenvalue weighted by Crippen LogP contribution is 2.19. The van der Waals surface area contributed by atoms with Gasteiger partial charge in [-0.1, -0.05) is 52.4 Å². The molecular weight excluding hydrogens is 262 g/mol. The number of nitrogens with zero attached hydrogens (tertiary/aromatic N) is 2. The average Bonchev–Trinajstić information content (AvgIpc) is 2.53. The number of unbranched alkanes of at least 4 members (excludes halogenated alkanes) is 5. The van der Waals surface area contributed by atoms with Crippen LogP contribution in [0.15, 0.2) is 12.1 Å². The van der Waals surface area contributed by atoms with Gasteiger partial charge in [0.05, 0.1) is 18.8 Å². The largest absolute Gasteiger partial charge is 0.480 e. The molecule has 1 rings (SSSR count). The fourth-order valence-corrected chi connectivity index (χ4v) is 2.43. The number of hydrogen-bond acceptors (Lipinski definition) is 4. The van der Waals surface area contributed by atoms with E-state index in [1.54, 1.807) is 7.11 Å². The van der Waals surface area contributed by atoms with Gasteiger partial charge in [-0.3, -0.25) is 0 Å². The van der Waals surface area contributed by atoms with E-state index in [2.05, 4.69) is 29.4 Å². The van der Waals surface area contributed by atoms with Crippen molar-refractivity contribution in [1.29, 1.82) is 0 Å². The maximum atomic E-state index is 5.07. The smallest absolute Gasteiger partial charge is 0.233 e. The van der Waals surface area contributed by atoms with Gasteiger partial charge in [0.2, 0.25) is 5.88 Å². The lowest BCUT2D eigenvalue weighted by Crippen LogP contribution is -2.23. The van der Waals surface area contributed by atoms with Gasteiger partial charge in [0.1, 0.15) is 0 Å². The lowest BCUT2D eigenvalue weighted by molar-refractivity contribution is 0.387. The molecule has 0 radical (unpaired) electrons. The van der Waals surface area contributed by atoms with Gasteiger partial charge in [-0.2, -0.15) is 5.10 Å². The molecule has 0 saturated carbocycles. The monoisotopic (exact) mass is 293 g/mol. The first kappa shape index (κ1) is 17.9. The zero-order valence-electron chi connectivity index (χ0n) is 13.9. The van der Waals surface area contributed by atoms with Crippen molar-refractivity contribution < 1.29 is 4.74 Å². The normalized spacial score (nSPS) is 12.3. The zero-order chi connectivity index (χ0) is 15.3. The van der Waals surface area contributed by atoms with Gasteiger partial charge in [-0.05, 0) is 25.5 Å². The first-order valence-electron chi connectivity index (χ1n) is 8.42. The average molecular weight is 293 g/mol. The second-order valence-corrected chi connectivity index (χ2v) is 5.56. The number of rotatable bonds is 12. The predicted octanol–water partition coefficient (Wildman–Crippen LogP) is 4.28. The zero-order valence-corrected chi connectivity index (χ0v) is 13.9.